The molecule has 9 heteroatoms. The van der Waals surface area contributed by atoms with E-state index in [9.17, 15) is 13.2 Å². The summed E-state index contributed by atoms with van der Waals surface area (Å²) in [5.74, 6) is 0.577. The normalized spacial score (nSPS) is 13.7. The molecule has 25 heavy (non-hydrogen) atoms. The number of hydrogen-bond acceptors (Lipinski definition) is 7. The fraction of sp³-hybridized carbons (Fsp3) is 0.312. The fourth-order valence-electron chi connectivity index (χ4n) is 2.44. The lowest BCUT2D eigenvalue weighted by Gasteiger charge is -2.21. The van der Waals surface area contributed by atoms with Crippen molar-refractivity contribution in [2.75, 3.05) is 27.4 Å². The number of carbonyl (C=O) groups is 1. The smallest absolute Gasteiger partial charge is 0.349 e. The lowest BCUT2D eigenvalue weighted by molar-refractivity contribution is 0.0602. The van der Waals surface area contributed by atoms with Crippen molar-refractivity contribution in [3.05, 3.63) is 40.1 Å². The Hall–Kier alpha value is -2.10. The largest absolute Gasteiger partial charge is 0.486 e. The third-order valence-corrected chi connectivity index (χ3v) is 6.57. The lowest BCUT2D eigenvalue weighted by Crippen LogP contribution is -2.27. The highest BCUT2D eigenvalue weighted by molar-refractivity contribution is 7.89. The lowest BCUT2D eigenvalue weighted by atomic mass is 10.2. The maximum Gasteiger partial charge on any atom is 0.349 e. The van der Waals surface area contributed by atoms with E-state index in [0.717, 1.165) is 16.9 Å². The predicted octanol–water partition coefficient (Wildman–Crippen LogP) is 2.13. The summed E-state index contributed by atoms with van der Waals surface area (Å²) in [4.78, 5) is 11.8. The Morgan fingerprint density at radius 3 is 2.68 bits per heavy atom. The zero-order chi connectivity index (χ0) is 18.0. The Kier molecular flexibility index (Phi) is 4.98. The van der Waals surface area contributed by atoms with Crippen LogP contribution in [0.15, 0.2) is 34.5 Å². The zero-order valence-electron chi connectivity index (χ0n) is 13.7. The molecule has 0 saturated carbocycles. The SMILES string of the molecule is COC(=O)c1sccc1S(=O)(=O)N(C)Cc1ccc2c(c1)OCCO2. The molecule has 0 fully saturated rings. The van der Waals surface area contributed by atoms with E-state index in [1.165, 1.54) is 24.5 Å². The number of benzene rings is 1. The number of rotatable bonds is 5. The Morgan fingerprint density at radius 2 is 1.96 bits per heavy atom. The molecule has 2 aromatic rings. The average molecular weight is 383 g/mol. The van der Waals surface area contributed by atoms with Crippen LogP contribution in [0.5, 0.6) is 11.5 Å². The van der Waals surface area contributed by atoms with Gasteiger partial charge in [0.25, 0.3) is 0 Å². The van der Waals surface area contributed by atoms with Gasteiger partial charge in [-0.05, 0) is 29.1 Å². The van der Waals surface area contributed by atoms with Crippen molar-refractivity contribution in [1.29, 1.82) is 0 Å². The van der Waals surface area contributed by atoms with Crippen LogP contribution in [-0.2, 0) is 21.3 Å². The van der Waals surface area contributed by atoms with Crippen LogP contribution in [0, 0.1) is 0 Å². The predicted molar refractivity (Wildman–Crippen MR) is 91.7 cm³/mol. The van der Waals surface area contributed by atoms with Crippen molar-refractivity contribution in [2.24, 2.45) is 0 Å². The molecule has 1 aliphatic rings. The van der Waals surface area contributed by atoms with Gasteiger partial charge < -0.3 is 14.2 Å². The van der Waals surface area contributed by atoms with Crippen molar-refractivity contribution < 1.29 is 27.4 Å². The number of ether oxygens (including phenoxy) is 3. The molecular weight excluding hydrogens is 366 g/mol. The summed E-state index contributed by atoms with van der Waals surface area (Å²) in [5.41, 5.74) is 0.755. The first-order valence-electron chi connectivity index (χ1n) is 7.44. The number of esters is 1. The molecule has 0 amide bonds. The standard InChI is InChI=1S/C16H17NO6S2/c1-17(10-11-3-4-12-13(9-11)23-7-6-22-12)25(19,20)14-5-8-24-15(14)16(18)21-2/h3-5,8-9H,6-7,10H2,1-2H3. The van der Waals surface area contributed by atoms with Crippen LogP contribution in [0.1, 0.15) is 15.2 Å². The summed E-state index contributed by atoms with van der Waals surface area (Å²) < 4.78 is 42.4. The molecule has 0 atom stereocenters. The van der Waals surface area contributed by atoms with Gasteiger partial charge in [0.2, 0.25) is 10.0 Å². The molecule has 1 aromatic heterocycles. The summed E-state index contributed by atoms with van der Waals surface area (Å²) in [6.45, 7) is 1.09. The third kappa shape index (κ3) is 3.48. The van der Waals surface area contributed by atoms with E-state index in [2.05, 4.69) is 4.74 Å². The Bertz CT molecular complexity index is 890. The van der Waals surface area contributed by atoms with Crippen molar-refractivity contribution in [3.63, 3.8) is 0 Å². The van der Waals surface area contributed by atoms with Crippen molar-refractivity contribution in [3.8, 4) is 11.5 Å². The number of thiophene rings is 1. The van der Waals surface area contributed by atoms with Crippen LogP contribution in [0.25, 0.3) is 0 Å². The minimum atomic E-state index is -3.83. The molecule has 7 nitrogen and oxygen atoms in total. The van der Waals surface area contributed by atoms with Gasteiger partial charge in [-0.25, -0.2) is 13.2 Å². The van der Waals surface area contributed by atoms with Gasteiger partial charge >= 0.3 is 5.97 Å². The van der Waals surface area contributed by atoms with Crippen LogP contribution in [0.4, 0.5) is 0 Å². The van der Waals surface area contributed by atoms with Crippen molar-refractivity contribution in [1.82, 2.24) is 4.31 Å². The van der Waals surface area contributed by atoms with E-state index in [0.29, 0.717) is 24.7 Å². The van der Waals surface area contributed by atoms with E-state index < -0.39 is 16.0 Å². The van der Waals surface area contributed by atoms with E-state index in [1.54, 1.807) is 23.6 Å². The van der Waals surface area contributed by atoms with Crippen LogP contribution >= 0.6 is 11.3 Å². The van der Waals surface area contributed by atoms with Gasteiger partial charge in [-0.2, -0.15) is 4.31 Å². The Balaban J connectivity index is 1.84. The van der Waals surface area contributed by atoms with E-state index in [4.69, 9.17) is 9.47 Å². The Morgan fingerprint density at radius 1 is 1.24 bits per heavy atom. The van der Waals surface area contributed by atoms with Gasteiger partial charge in [0.15, 0.2) is 11.5 Å². The van der Waals surface area contributed by atoms with E-state index in [-0.39, 0.29) is 16.3 Å². The van der Waals surface area contributed by atoms with Crippen LogP contribution in [0.2, 0.25) is 0 Å². The van der Waals surface area contributed by atoms with Gasteiger partial charge in [0.1, 0.15) is 23.0 Å². The van der Waals surface area contributed by atoms with Crippen LogP contribution < -0.4 is 9.47 Å². The quantitative estimate of drug-likeness (QED) is 0.736. The molecule has 0 unspecified atom stereocenters. The van der Waals surface area contributed by atoms with Gasteiger partial charge in [-0.1, -0.05) is 6.07 Å². The highest BCUT2D eigenvalue weighted by Crippen LogP contribution is 2.32. The van der Waals surface area contributed by atoms with Gasteiger partial charge in [0.05, 0.1) is 7.11 Å². The molecular formula is C16H17NO6S2. The number of nitrogens with zero attached hydrogens (tertiary/aromatic N) is 1. The number of carbonyl (C=O) groups excluding carboxylic acids is 1. The van der Waals surface area contributed by atoms with E-state index in [1.807, 2.05) is 0 Å². The molecule has 0 radical (unpaired) electrons. The van der Waals surface area contributed by atoms with Gasteiger partial charge in [0, 0.05) is 13.6 Å². The summed E-state index contributed by atoms with van der Waals surface area (Å²) in [5, 5.41) is 1.55. The minimum absolute atomic E-state index is 0.0515. The Labute approximate surface area is 149 Å². The molecule has 1 aromatic carbocycles. The second kappa shape index (κ2) is 7.03. The summed E-state index contributed by atoms with van der Waals surface area (Å²) >= 11 is 1.03. The molecule has 0 aliphatic carbocycles. The third-order valence-electron chi connectivity index (χ3n) is 3.70. The van der Waals surface area contributed by atoms with Crippen molar-refractivity contribution >= 4 is 27.3 Å². The monoisotopic (exact) mass is 383 g/mol. The summed E-state index contributed by atoms with van der Waals surface area (Å²) in [7, 11) is -1.15. The summed E-state index contributed by atoms with van der Waals surface area (Å²) in [6.07, 6.45) is 0. The minimum Gasteiger partial charge on any atom is -0.486 e. The van der Waals surface area contributed by atoms with Gasteiger partial charge in [-0.15, -0.1) is 11.3 Å². The summed E-state index contributed by atoms with van der Waals surface area (Å²) in [6, 6.07) is 6.71. The number of methoxy groups -OCH3 is 1. The molecule has 134 valence electrons. The number of hydrogen-bond donors (Lipinski definition) is 0. The molecule has 0 spiro atoms. The van der Waals surface area contributed by atoms with Gasteiger partial charge in [-0.3, -0.25) is 0 Å². The molecule has 0 bridgehead atoms. The molecule has 3 rings (SSSR count). The van der Waals surface area contributed by atoms with E-state index >= 15 is 0 Å². The first kappa shape index (κ1) is 17.7. The van der Waals surface area contributed by atoms with Crippen LogP contribution in [0.3, 0.4) is 0 Å². The first-order valence-corrected chi connectivity index (χ1v) is 9.76. The van der Waals surface area contributed by atoms with Crippen molar-refractivity contribution in [2.45, 2.75) is 11.4 Å². The number of fused-ring (bicyclic) bond motifs is 1. The maximum atomic E-state index is 12.8. The fourth-order valence-corrected chi connectivity index (χ4v) is 4.90. The number of sulfonamides is 1. The first-order chi connectivity index (χ1) is 11.9. The van der Waals surface area contributed by atoms with Crippen LogP contribution in [-0.4, -0.2) is 46.1 Å². The molecule has 0 saturated heterocycles. The average Bonchev–Trinajstić information content (AvgIpc) is 3.11. The maximum absolute atomic E-state index is 12.8. The highest BCUT2D eigenvalue weighted by Gasteiger charge is 2.28. The highest BCUT2D eigenvalue weighted by atomic mass is 32.2. The molecule has 0 N–H and O–H groups in total. The topological polar surface area (TPSA) is 82.1 Å². The molecule has 2 heterocycles. The second-order valence-electron chi connectivity index (χ2n) is 5.34. The molecule has 1 aliphatic heterocycles. The zero-order valence-corrected chi connectivity index (χ0v) is 15.4. The second-order valence-corrected chi connectivity index (χ2v) is 8.27.